The number of carboxylic acid groups (broad SMARTS) is 1. The highest BCUT2D eigenvalue weighted by molar-refractivity contribution is 5.92. The minimum Gasteiger partial charge on any atom is -0.480 e. The molecule has 2 N–H and O–H groups in total. The fourth-order valence-corrected chi connectivity index (χ4v) is 4.23. The number of carbonyl (C=O) groups is 1. The largest absolute Gasteiger partial charge is 0.480 e. The van der Waals surface area contributed by atoms with Crippen LogP contribution >= 0.6 is 0 Å². The van der Waals surface area contributed by atoms with Gasteiger partial charge in [-0.3, -0.25) is 9.69 Å². The van der Waals surface area contributed by atoms with Gasteiger partial charge in [-0.05, 0) is 51.8 Å². The van der Waals surface area contributed by atoms with Crippen molar-refractivity contribution in [3.05, 3.63) is 17.6 Å². The van der Waals surface area contributed by atoms with Crippen molar-refractivity contribution in [3.63, 3.8) is 0 Å². The third-order valence-electron chi connectivity index (χ3n) is 5.76. The summed E-state index contributed by atoms with van der Waals surface area (Å²) in [7, 11) is 3.71. The molecule has 128 valence electrons. The maximum absolute atomic E-state index is 11.8. The van der Waals surface area contributed by atoms with Gasteiger partial charge in [-0.2, -0.15) is 0 Å². The van der Waals surface area contributed by atoms with E-state index in [1.165, 1.54) is 17.7 Å². The van der Waals surface area contributed by atoms with Crippen LogP contribution in [-0.4, -0.2) is 63.7 Å². The fraction of sp³-hybridized carbons (Fsp3) is 0.588. The molecule has 4 rings (SSSR count). The van der Waals surface area contributed by atoms with Crippen LogP contribution in [0.2, 0.25) is 0 Å². The summed E-state index contributed by atoms with van der Waals surface area (Å²) in [6, 6.07) is 0. The van der Waals surface area contributed by atoms with Gasteiger partial charge in [0.15, 0.2) is 0 Å². The smallest absolute Gasteiger partial charge is 0.324 e. The van der Waals surface area contributed by atoms with E-state index in [-0.39, 0.29) is 0 Å². The Morgan fingerprint density at radius 1 is 1.29 bits per heavy atom. The molecule has 3 heterocycles. The summed E-state index contributed by atoms with van der Waals surface area (Å²) < 4.78 is 0. The Kier molecular flexibility index (Phi) is 3.49. The number of aryl methyl sites for hydroxylation is 2. The first-order valence-corrected chi connectivity index (χ1v) is 8.53. The fourth-order valence-electron chi connectivity index (χ4n) is 4.23. The summed E-state index contributed by atoms with van der Waals surface area (Å²) in [5.41, 5.74) is 2.77. The number of hydrogen-bond acceptors (Lipinski definition) is 5. The van der Waals surface area contributed by atoms with Crippen LogP contribution in [0.3, 0.4) is 0 Å². The third kappa shape index (κ3) is 2.11. The quantitative estimate of drug-likeness (QED) is 0.886. The van der Waals surface area contributed by atoms with Gasteiger partial charge in [-0.15, -0.1) is 0 Å². The molecule has 0 aromatic carbocycles. The summed E-state index contributed by atoms with van der Waals surface area (Å²) in [5, 5.41) is 10.8. The third-order valence-corrected chi connectivity index (χ3v) is 5.76. The Morgan fingerprint density at radius 3 is 2.71 bits per heavy atom. The van der Waals surface area contributed by atoms with E-state index in [0.29, 0.717) is 25.9 Å². The molecule has 1 saturated heterocycles. The summed E-state index contributed by atoms with van der Waals surface area (Å²) in [4.78, 5) is 28.2. The summed E-state index contributed by atoms with van der Waals surface area (Å²) >= 11 is 0. The van der Waals surface area contributed by atoms with Crippen LogP contribution < -0.4 is 4.90 Å². The number of H-pyrrole nitrogens is 1. The number of aromatic nitrogens is 3. The van der Waals surface area contributed by atoms with Gasteiger partial charge in [-0.25, -0.2) is 9.97 Å². The molecular weight excluding hydrogens is 306 g/mol. The van der Waals surface area contributed by atoms with E-state index < -0.39 is 11.5 Å². The normalized spacial score (nSPS) is 19.9. The lowest BCUT2D eigenvalue weighted by Gasteiger charge is -2.43. The lowest BCUT2D eigenvalue weighted by Crippen LogP contribution is -2.57. The van der Waals surface area contributed by atoms with Crippen molar-refractivity contribution in [2.24, 2.45) is 0 Å². The van der Waals surface area contributed by atoms with Crippen LogP contribution in [0, 0.1) is 0 Å². The van der Waals surface area contributed by atoms with Crippen molar-refractivity contribution in [2.75, 3.05) is 32.1 Å². The molecule has 0 spiro atoms. The molecule has 0 bridgehead atoms. The average Bonchev–Trinajstić information content (AvgIpc) is 3.14. The number of carboxylic acids is 1. The molecule has 0 atom stereocenters. The molecule has 1 aliphatic carbocycles. The van der Waals surface area contributed by atoms with Crippen molar-refractivity contribution >= 4 is 22.8 Å². The number of fused-ring (bicyclic) bond motifs is 3. The van der Waals surface area contributed by atoms with E-state index >= 15 is 0 Å². The lowest BCUT2D eigenvalue weighted by molar-refractivity contribution is -0.151. The SMILES string of the molecule is CN(C)C1(C(=O)O)CCN(c2ncnc3[nH]c4c(c23)CCC4)CC1. The molecular formula is C17H23N5O2. The van der Waals surface area contributed by atoms with E-state index in [1.54, 1.807) is 6.33 Å². The van der Waals surface area contributed by atoms with E-state index in [9.17, 15) is 9.90 Å². The van der Waals surface area contributed by atoms with E-state index in [1.807, 2.05) is 19.0 Å². The van der Waals surface area contributed by atoms with Gasteiger partial charge in [0.25, 0.3) is 0 Å². The number of nitrogens with zero attached hydrogens (tertiary/aromatic N) is 4. The van der Waals surface area contributed by atoms with E-state index in [0.717, 1.165) is 29.7 Å². The number of aromatic amines is 1. The van der Waals surface area contributed by atoms with Gasteiger partial charge in [0.1, 0.15) is 23.3 Å². The predicted molar refractivity (Wildman–Crippen MR) is 91.4 cm³/mol. The first-order valence-electron chi connectivity index (χ1n) is 8.53. The number of aliphatic carboxylic acids is 1. The summed E-state index contributed by atoms with van der Waals surface area (Å²) in [6.45, 7) is 1.38. The topological polar surface area (TPSA) is 85.3 Å². The second kappa shape index (κ2) is 5.44. The predicted octanol–water partition coefficient (Wildman–Crippen LogP) is 1.43. The van der Waals surface area contributed by atoms with Crippen LogP contribution in [0.1, 0.15) is 30.5 Å². The minimum atomic E-state index is -0.775. The van der Waals surface area contributed by atoms with Gasteiger partial charge >= 0.3 is 5.97 Å². The van der Waals surface area contributed by atoms with Gasteiger partial charge in [0, 0.05) is 18.8 Å². The zero-order valence-corrected chi connectivity index (χ0v) is 14.2. The molecule has 0 unspecified atom stereocenters. The van der Waals surface area contributed by atoms with Crippen molar-refractivity contribution in [1.82, 2.24) is 19.9 Å². The number of likely N-dealkylation sites (N-methyl/N-ethyl adjacent to an activating group) is 1. The molecule has 1 fully saturated rings. The highest BCUT2D eigenvalue weighted by Crippen LogP contribution is 2.36. The monoisotopic (exact) mass is 329 g/mol. The Balaban J connectivity index is 1.67. The van der Waals surface area contributed by atoms with Crippen molar-refractivity contribution in [1.29, 1.82) is 0 Å². The van der Waals surface area contributed by atoms with Gasteiger partial charge in [0.2, 0.25) is 0 Å². The summed E-state index contributed by atoms with van der Waals surface area (Å²) in [6.07, 6.45) is 6.11. The van der Waals surface area contributed by atoms with Crippen LogP contribution in [0.25, 0.3) is 11.0 Å². The van der Waals surface area contributed by atoms with Gasteiger partial charge in [-0.1, -0.05) is 0 Å². The molecule has 2 aromatic rings. The standard InChI is InChI=1S/C17H23N5O2/c1-21(2)17(16(23)24)6-8-22(9-7-17)15-13-11-4-3-5-12(11)20-14(13)18-10-19-15/h10H,3-9H2,1-2H3,(H,23,24)(H,18,19,20). The average molecular weight is 329 g/mol. The van der Waals surface area contributed by atoms with Crippen molar-refractivity contribution in [2.45, 2.75) is 37.6 Å². The van der Waals surface area contributed by atoms with E-state index in [2.05, 4.69) is 19.9 Å². The molecule has 0 radical (unpaired) electrons. The Morgan fingerprint density at radius 2 is 2.04 bits per heavy atom. The van der Waals surface area contributed by atoms with Crippen molar-refractivity contribution in [3.8, 4) is 0 Å². The highest BCUT2D eigenvalue weighted by atomic mass is 16.4. The first kappa shape index (κ1) is 15.4. The number of hydrogen-bond donors (Lipinski definition) is 2. The molecule has 1 aliphatic heterocycles. The molecule has 7 heteroatoms. The molecule has 0 saturated carbocycles. The van der Waals surface area contributed by atoms with Crippen LogP contribution in [-0.2, 0) is 17.6 Å². The maximum atomic E-state index is 11.8. The lowest BCUT2D eigenvalue weighted by atomic mass is 9.86. The number of rotatable bonds is 3. The van der Waals surface area contributed by atoms with Gasteiger partial charge < -0.3 is 15.0 Å². The van der Waals surface area contributed by atoms with Crippen molar-refractivity contribution < 1.29 is 9.90 Å². The number of anilines is 1. The van der Waals surface area contributed by atoms with E-state index in [4.69, 9.17) is 0 Å². The molecule has 2 aromatic heterocycles. The second-order valence-electron chi connectivity index (χ2n) is 7.07. The number of piperidine rings is 1. The Hall–Kier alpha value is -2.15. The van der Waals surface area contributed by atoms with Crippen LogP contribution in [0.4, 0.5) is 5.82 Å². The highest BCUT2D eigenvalue weighted by Gasteiger charge is 2.44. The first-order chi connectivity index (χ1) is 11.5. The minimum absolute atomic E-state index is 0.591. The molecule has 0 amide bonds. The molecule has 2 aliphatic rings. The van der Waals surface area contributed by atoms with Crippen LogP contribution in [0.15, 0.2) is 6.33 Å². The van der Waals surface area contributed by atoms with Gasteiger partial charge in [0.05, 0.1) is 5.39 Å². The zero-order chi connectivity index (χ0) is 16.9. The molecule has 24 heavy (non-hydrogen) atoms. The summed E-state index contributed by atoms with van der Waals surface area (Å²) in [5.74, 6) is 0.222. The Bertz CT molecular complexity index is 790. The second-order valence-corrected chi connectivity index (χ2v) is 7.07. The number of nitrogens with one attached hydrogen (secondary N) is 1. The zero-order valence-electron chi connectivity index (χ0n) is 14.2. The Labute approximate surface area is 140 Å². The maximum Gasteiger partial charge on any atom is 0.324 e. The van der Waals surface area contributed by atoms with Crippen LogP contribution in [0.5, 0.6) is 0 Å². The molecule has 7 nitrogen and oxygen atoms in total.